The molecule has 52 heavy (non-hydrogen) atoms. The Balaban J connectivity index is 0.765. The van der Waals surface area contributed by atoms with Crippen LogP contribution in [0.3, 0.4) is 0 Å². The van der Waals surface area contributed by atoms with Crippen LogP contribution >= 0.6 is 0 Å². The maximum Gasteiger partial charge on any atom is 0.249 e. The Morgan fingerprint density at radius 2 is 1.48 bits per heavy atom. The van der Waals surface area contributed by atoms with E-state index in [1.807, 2.05) is 0 Å². The molecular weight excluding hydrogens is 660 g/mol. The molecule has 6 unspecified atom stereocenters. The number of imide groups is 1. The fourth-order valence-electron chi connectivity index (χ4n) is 10.6. The molecule has 7 fully saturated rings. The average Bonchev–Trinajstić information content (AvgIpc) is 3.17. The highest BCUT2D eigenvalue weighted by Crippen LogP contribution is 2.36. The predicted molar refractivity (Wildman–Crippen MR) is 199 cm³/mol. The SMILES string of the molecule is NC(=O)C1NCC(N2CCCCC2)NC1NC1CCC(C2CCN(CC3CCN(C4CCC(C(=O)NC5CCC(=O)NC5=O)NC4)CC3)CC2)CC1. The van der Waals surface area contributed by atoms with Gasteiger partial charge in [-0.3, -0.25) is 44.9 Å². The van der Waals surface area contributed by atoms with Gasteiger partial charge >= 0.3 is 0 Å². The zero-order valence-electron chi connectivity index (χ0n) is 31.3. The molecule has 14 nitrogen and oxygen atoms in total. The van der Waals surface area contributed by atoms with Gasteiger partial charge in [0.1, 0.15) is 12.1 Å². The Morgan fingerprint density at radius 1 is 0.750 bits per heavy atom. The number of primary amides is 1. The summed E-state index contributed by atoms with van der Waals surface area (Å²) in [5, 5.41) is 19.6. The molecule has 292 valence electrons. The number of carbonyl (C=O) groups excluding carboxylic acids is 4. The quantitative estimate of drug-likeness (QED) is 0.148. The van der Waals surface area contributed by atoms with Crippen LogP contribution in [0, 0.1) is 17.8 Å². The highest BCUT2D eigenvalue weighted by atomic mass is 16.2. The molecule has 1 aliphatic carbocycles. The topological polar surface area (TPSA) is 176 Å². The number of likely N-dealkylation sites (tertiary alicyclic amines) is 3. The molecule has 6 atom stereocenters. The van der Waals surface area contributed by atoms with Gasteiger partial charge in [-0.15, -0.1) is 0 Å². The number of nitrogens with two attached hydrogens (primary N) is 1. The van der Waals surface area contributed by atoms with Crippen LogP contribution in [0.2, 0.25) is 0 Å². The number of carbonyl (C=O) groups is 4. The summed E-state index contributed by atoms with van der Waals surface area (Å²) >= 11 is 0. The summed E-state index contributed by atoms with van der Waals surface area (Å²) in [5.74, 6) is 1.35. The molecule has 14 heteroatoms. The monoisotopic (exact) mass is 727 g/mol. The first-order valence-corrected chi connectivity index (χ1v) is 20.9. The fourth-order valence-corrected chi connectivity index (χ4v) is 10.6. The minimum Gasteiger partial charge on any atom is -0.368 e. The third kappa shape index (κ3) is 9.72. The molecule has 6 heterocycles. The van der Waals surface area contributed by atoms with Gasteiger partial charge in [-0.1, -0.05) is 6.42 Å². The highest BCUT2D eigenvalue weighted by molar-refractivity contribution is 6.02. The van der Waals surface area contributed by atoms with Crippen molar-refractivity contribution in [1.29, 1.82) is 0 Å². The standard InChI is InChI=1S/C38H66N10O4/c39-35(50)34-36(44-32(23-41-34)48-16-2-1-3-17-48)42-28-6-4-26(5-7-28)27-14-18-46(19-15-27)24-25-12-20-47(21-13-25)29-8-9-30(40-22-29)37(51)43-31-10-11-33(49)45-38(31)52/h25-32,34,36,40-42,44H,1-24H2,(H2,39,50)(H,43,51)(H,45,49,52). The van der Waals surface area contributed by atoms with Gasteiger partial charge in [0.2, 0.25) is 23.6 Å². The van der Waals surface area contributed by atoms with E-state index in [4.69, 9.17) is 5.73 Å². The maximum absolute atomic E-state index is 12.8. The van der Waals surface area contributed by atoms with Crippen LogP contribution in [0.1, 0.15) is 96.3 Å². The Labute approximate surface area is 310 Å². The highest BCUT2D eigenvalue weighted by Gasteiger charge is 2.39. The number of piperidine rings is 5. The van der Waals surface area contributed by atoms with Crippen molar-refractivity contribution in [2.24, 2.45) is 23.5 Å². The summed E-state index contributed by atoms with van der Waals surface area (Å²) in [6.07, 6.45) is 16.4. The van der Waals surface area contributed by atoms with E-state index in [0.29, 0.717) is 18.5 Å². The molecule has 0 radical (unpaired) electrons. The zero-order chi connectivity index (χ0) is 36.0. The van der Waals surface area contributed by atoms with Crippen LogP contribution in [0.25, 0.3) is 0 Å². The van der Waals surface area contributed by atoms with Crippen LogP contribution in [0.5, 0.6) is 0 Å². The third-order valence-corrected chi connectivity index (χ3v) is 13.8. The van der Waals surface area contributed by atoms with Gasteiger partial charge in [0, 0.05) is 38.1 Å². The van der Waals surface area contributed by atoms with Crippen molar-refractivity contribution in [3.8, 4) is 0 Å². The van der Waals surface area contributed by atoms with Crippen molar-refractivity contribution in [2.75, 3.05) is 58.9 Å². The lowest BCUT2D eigenvalue weighted by molar-refractivity contribution is -0.137. The molecule has 7 rings (SSSR count). The molecule has 0 aromatic rings. The van der Waals surface area contributed by atoms with Crippen molar-refractivity contribution in [1.82, 2.24) is 46.6 Å². The summed E-state index contributed by atoms with van der Waals surface area (Å²) in [5.41, 5.74) is 5.82. The molecule has 0 aromatic carbocycles. The number of rotatable bonds is 10. The second kappa shape index (κ2) is 18.0. The molecule has 0 spiro atoms. The number of piperazine rings is 1. The van der Waals surface area contributed by atoms with E-state index in [9.17, 15) is 19.2 Å². The second-order valence-electron chi connectivity index (χ2n) is 17.1. The van der Waals surface area contributed by atoms with Gasteiger partial charge < -0.3 is 26.6 Å². The molecule has 6 saturated heterocycles. The second-order valence-corrected chi connectivity index (χ2v) is 17.1. The number of hydrogen-bond acceptors (Lipinski definition) is 11. The van der Waals surface area contributed by atoms with Crippen molar-refractivity contribution >= 4 is 23.6 Å². The summed E-state index contributed by atoms with van der Waals surface area (Å²) < 4.78 is 0. The summed E-state index contributed by atoms with van der Waals surface area (Å²) in [6, 6.07) is -0.380. The van der Waals surface area contributed by atoms with Gasteiger partial charge in [0.25, 0.3) is 0 Å². The van der Waals surface area contributed by atoms with Crippen LogP contribution in [0.15, 0.2) is 0 Å². The largest absolute Gasteiger partial charge is 0.368 e. The van der Waals surface area contributed by atoms with Crippen molar-refractivity contribution in [2.45, 2.75) is 139 Å². The van der Waals surface area contributed by atoms with Crippen LogP contribution in [-0.4, -0.2) is 140 Å². The number of nitrogens with zero attached hydrogens (tertiary/aromatic N) is 3. The van der Waals surface area contributed by atoms with Gasteiger partial charge in [0.05, 0.1) is 18.4 Å². The van der Waals surface area contributed by atoms with E-state index < -0.39 is 11.9 Å². The molecule has 4 amide bonds. The summed E-state index contributed by atoms with van der Waals surface area (Å²) in [6.45, 7) is 9.75. The first-order chi connectivity index (χ1) is 25.3. The van der Waals surface area contributed by atoms with Crippen molar-refractivity contribution in [3.63, 3.8) is 0 Å². The van der Waals surface area contributed by atoms with E-state index in [1.165, 1.54) is 90.3 Å². The Bertz CT molecular complexity index is 1220. The lowest BCUT2D eigenvalue weighted by atomic mass is 9.74. The zero-order valence-corrected chi connectivity index (χ0v) is 31.3. The van der Waals surface area contributed by atoms with Crippen LogP contribution in [0.4, 0.5) is 0 Å². The Morgan fingerprint density at radius 3 is 2.15 bits per heavy atom. The number of nitrogens with one attached hydrogen (secondary N) is 6. The fraction of sp³-hybridized carbons (Fsp3) is 0.895. The van der Waals surface area contributed by atoms with E-state index in [2.05, 4.69) is 46.6 Å². The summed E-state index contributed by atoms with van der Waals surface area (Å²) in [7, 11) is 0. The van der Waals surface area contributed by atoms with Crippen molar-refractivity contribution in [3.05, 3.63) is 0 Å². The molecule has 0 bridgehead atoms. The normalized spacial score (nSPS) is 37.0. The molecular formula is C38H66N10O4. The predicted octanol–water partition coefficient (Wildman–Crippen LogP) is -0.214. The van der Waals surface area contributed by atoms with Gasteiger partial charge in [-0.05, 0) is 140 Å². The first kappa shape index (κ1) is 38.1. The minimum absolute atomic E-state index is 0.117. The Kier molecular flexibility index (Phi) is 13.2. The van der Waals surface area contributed by atoms with E-state index in [1.54, 1.807) is 0 Å². The lowest BCUT2D eigenvalue weighted by Crippen LogP contribution is -2.73. The first-order valence-electron chi connectivity index (χ1n) is 20.9. The lowest BCUT2D eigenvalue weighted by Gasteiger charge is -2.45. The van der Waals surface area contributed by atoms with Gasteiger partial charge in [0.15, 0.2) is 0 Å². The molecule has 1 saturated carbocycles. The summed E-state index contributed by atoms with van der Waals surface area (Å²) in [4.78, 5) is 56.4. The smallest absolute Gasteiger partial charge is 0.249 e. The molecule has 7 aliphatic rings. The molecule has 0 aromatic heterocycles. The van der Waals surface area contributed by atoms with Crippen LogP contribution < -0.4 is 37.6 Å². The number of amides is 4. The van der Waals surface area contributed by atoms with Gasteiger partial charge in [-0.2, -0.15) is 0 Å². The van der Waals surface area contributed by atoms with E-state index in [0.717, 1.165) is 69.9 Å². The molecule has 6 aliphatic heterocycles. The van der Waals surface area contributed by atoms with Crippen molar-refractivity contribution < 1.29 is 19.2 Å². The van der Waals surface area contributed by atoms with E-state index in [-0.39, 0.29) is 48.6 Å². The third-order valence-electron chi connectivity index (χ3n) is 13.8. The average molecular weight is 727 g/mol. The molecule has 8 N–H and O–H groups in total. The van der Waals surface area contributed by atoms with Crippen LogP contribution in [-0.2, 0) is 19.2 Å². The number of hydrogen-bond donors (Lipinski definition) is 7. The minimum atomic E-state index is -0.614. The Hall–Kier alpha value is -2.20. The van der Waals surface area contributed by atoms with Gasteiger partial charge in [-0.25, -0.2) is 0 Å². The van der Waals surface area contributed by atoms with E-state index >= 15 is 0 Å². The maximum atomic E-state index is 12.8.